The highest BCUT2D eigenvalue weighted by Gasteiger charge is 2.07. The fourth-order valence-electron chi connectivity index (χ4n) is 3.13. The molecule has 5 nitrogen and oxygen atoms in total. The van der Waals surface area contributed by atoms with Crippen LogP contribution in [0.25, 0.3) is 11.0 Å². The van der Waals surface area contributed by atoms with Gasteiger partial charge in [-0.1, -0.05) is 32.0 Å². The minimum absolute atomic E-state index is 0.406. The first kappa shape index (κ1) is 20.3. The fourth-order valence-corrected chi connectivity index (χ4v) is 3.13. The normalized spacial score (nSPS) is 13.3. The second-order valence-electron chi connectivity index (χ2n) is 6.71. The molecular formula is C21H34N4O. The Morgan fingerprint density at radius 1 is 1.23 bits per heavy atom. The Bertz CT molecular complexity index is 642. The van der Waals surface area contributed by atoms with Crippen molar-refractivity contribution in [3.8, 4) is 0 Å². The monoisotopic (exact) mass is 358 g/mol. The van der Waals surface area contributed by atoms with Gasteiger partial charge in [0.05, 0.1) is 0 Å². The lowest BCUT2D eigenvalue weighted by Gasteiger charge is -2.21. The van der Waals surface area contributed by atoms with Gasteiger partial charge in [0, 0.05) is 31.4 Å². The highest BCUT2D eigenvalue weighted by molar-refractivity contribution is 5.80. The lowest BCUT2D eigenvalue weighted by molar-refractivity contribution is 0.292. The molecule has 0 saturated carbocycles. The topological polar surface area (TPSA) is 52.8 Å². The second-order valence-corrected chi connectivity index (χ2v) is 6.71. The standard InChI is InChI=1S/C21H34N4O/c1-5-25(6-2)15-9-10-17(3)24-21(22-4)23-14-13-19-16-18-11-7-8-12-20(18)26-19/h7-8,11-12,16-17H,5-6,9-10,13-15H2,1-4H3,(H2,22,23,24). The van der Waals surface area contributed by atoms with Crippen molar-refractivity contribution in [3.63, 3.8) is 0 Å². The molecule has 1 unspecified atom stereocenters. The highest BCUT2D eigenvalue weighted by atomic mass is 16.3. The summed E-state index contributed by atoms with van der Waals surface area (Å²) in [4.78, 5) is 6.80. The summed E-state index contributed by atoms with van der Waals surface area (Å²) in [5.41, 5.74) is 0.951. The van der Waals surface area contributed by atoms with E-state index in [1.807, 2.05) is 25.2 Å². The van der Waals surface area contributed by atoms with E-state index in [2.05, 4.69) is 53.4 Å². The van der Waals surface area contributed by atoms with Gasteiger partial charge in [-0.05, 0) is 51.5 Å². The maximum atomic E-state index is 5.86. The van der Waals surface area contributed by atoms with Crippen LogP contribution in [0.3, 0.4) is 0 Å². The average molecular weight is 359 g/mol. The van der Waals surface area contributed by atoms with Crippen LogP contribution in [0.2, 0.25) is 0 Å². The maximum Gasteiger partial charge on any atom is 0.191 e. The van der Waals surface area contributed by atoms with Gasteiger partial charge in [0.1, 0.15) is 11.3 Å². The van der Waals surface area contributed by atoms with E-state index in [0.29, 0.717) is 6.04 Å². The first-order valence-corrected chi connectivity index (χ1v) is 9.83. The molecule has 0 bridgehead atoms. The van der Waals surface area contributed by atoms with E-state index in [4.69, 9.17) is 4.42 Å². The van der Waals surface area contributed by atoms with Crippen LogP contribution in [0.1, 0.15) is 39.4 Å². The zero-order chi connectivity index (χ0) is 18.8. The molecule has 5 heteroatoms. The number of benzene rings is 1. The number of guanidine groups is 1. The number of para-hydroxylation sites is 1. The molecule has 0 radical (unpaired) electrons. The first-order chi connectivity index (χ1) is 12.7. The summed E-state index contributed by atoms with van der Waals surface area (Å²) in [5, 5.41) is 8.02. The van der Waals surface area contributed by atoms with Gasteiger partial charge >= 0.3 is 0 Å². The van der Waals surface area contributed by atoms with E-state index in [1.165, 1.54) is 6.42 Å². The Morgan fingerprint density at radius 2 is 2.00 bits per heavy atom. The number of aliphatic imine (C=N–C) groups is 1. The molecule has 1 atom stereocenters. The molecule has 0 aliphatic heterocycles. The molecule has 0 amide bonds. The van der Waals surface area contributed by atoms with Crippen molar-refractivity contribution in [2.45, 2.75) is 46.1 Å². The third kappa shape index (κ3) is 6.37. The Labute approximate surface area is 157 Å². The molecule has 1 heterocycles. The smallest absolute Gasteiger partial charge is 0.191 e. The molecule has 2 aromatic rings. The number of nitrogens with one attached hydrogen (secondary N) is 2. The van der Waals surface area contributed by atoms with Crippen LogP contribution in [-0.2, 0) is 6.42 Å². The Hall–Kier alpha value is -2.01. The number of rotatable bonds is 10. The number of nitrogens with zero attached hydrogens (tertiary/aromatic N) is 2. The van der Waals surface area contributed by atoms with Crippen molar-refractivity contribution in [2.24, 2.45) is 4.99 Å². The maximum absolute atomic E-state index is 5.86. The predicted octanol–water partition coefficient (Wildman–Crippen LogP) is 3.65. The van der Waals surface area contributed by atoms with Crippen molar-refractivity contribution in [2.75, 3.05) is 33.2 Å². The van der Waals surface area contributed by atoms with Gasteiger partial charge in [-0.3, -0.25) is 4.99 Å². The molecule has 0 aliphatic rings. The van der Waals surface area contributed by atoms with Crippen LogP contribution in [-0.4, -0.2) is 50.1 Å². The number of fused-ring (bicyclic) bond motifs is 1. The predicted molar refractivity (Wildman–Crippen MR) is 111 cm³/mol. The molecule has 2 rings (SSSR count). The van der Waals surface area contributed by atoms with Gasteiger partial charge in [0.2, 0.25) is 0 Å². The Morgan fingerprint density at radius 3 is 2.69 bits per heavy atom. The molecule has 2 N–H and O–H groups in total. The SMILES string of the molecule is CCN(CC)CCCC(C)NC(=NC)NCCc1cc2ccccc2o1. The van der Waals surface area contributed by atoms with E-state index in [1.54, 1.807) is 0 Å². The summed E-state index contributed by atoms with van der Waals surface area (Å²) in [6.45, 7) is 10.9. The summed E-state index contributed by atoms with van der Waals surface area (Å²) in [7, 11) is 1.82. The van der Waals surface area contributed by atoms with Crippen molar-refractivity contribution >= 4 is 16.9 Å². The third-order valence-corrected chi connectivity index (χ3v) is 4.75. The molecule has 1 aromatic heterocycles. The summed E-state index contributed by atoms with van der Waals surface area (Å²) < 4.78 is 5.86. The van der Waals surface area contributed by atoms with E-state index < -0.39 is 0 Å². The van der Waals surface area contributed by atoms with Crippen LogP contribution in [0.15, 0.2) is 39.7 Å². The van der Waals surface area contributed by atoms with Crippen molar-refractivity contribution in [3.05, 3.63) is 36.1 Å². The van der Waals surface area contributed by atoms with E-state index >= 15 is 0 Å². The van der Waals surface area contributed by atoms with Crippen LogP contribution in [0.5, 0.6) is 0 Å². The minimum atomic E-state index is 0.406. The van der Waals surface area contributed by atoms with Crippen LogP contribution in [0, 0.1) is 0 Å². The summed E-state index contributed by atoms with van der Waals surface area (Å²) in [6, 6.07) is 10.6. The molecule has 0 aliphatic carbocycles. The molecule has 144 valence electrons. The van der Waals surface area contributed by atoms with Crippen LogP contribution in [0.4, 0.5) is 0 Å². The third-order valence-electron chi connectivity index (χ3n) is 4.75. The van der Waals surface area contributed by atoms with Gasteiger partial charge in [0.25, 0.3) is 0 Å². The molecular weight excluding hydrogens is 324 g/mol. The zero-order valence-corrected chi connectivity index (χ0v) is 16.7. The van der Waals surface area contributed by atoms with Gasteiger partial charge in [-0.25, -0.2) is 0 Å². The van der Waals surface area contributed by atoms with Gasteiger partial charge in [-0.2, -0.15) is 0 Å². The van der Waals surface area contributed by atoms with Crippen molar-refractivity contribution < 1.29 is 4.42 Å². The number of hydrogen-bond donors (Lipinski definition) is 2. The van der Waals surface area contributed by atoms with E-state index in [9.17, 15) is 0 Å². The number of furan rings is 1. The molecule has 1 aromatic carbocycles. The Balaban J connectivity index is 1.70. The lowest BCUT2D eigenvalue weighted by Crippen LogP contribution is -2.43. The molecule has 0 fully saturated rings. The van der Waals surface area contributed by atoms with E-state index in [-0.39, 0.29) is 0 Å². The minimum Gasteiger partial charge on any atom is -0.461 e. The molecule has 0 spiro atoms. The van der Waals surface area contributed by atoms with Crippen LogP contribution >= 0.6 is 0 Å². The largest absolute Gasteiger partial charge is 0.461 e. The van der Waals surface area contributed by atoms with Gasteiger partial charge < -0.3 is 20.0 Å². The lowest BCUT2D eigenvalue weighted by atomic mass is 10.2. The highest BCUT2D eigenvalue weighted by Crippen LogP contribution is 2.18. The zero-order valence-electron chi connectivity index (χ0n) is 16.7. The quantitative estimate of drug-likeness (QED) is 0.503. The summed E-state index contributed by atoms with van der Waals surface area (Å²) >= 11 is 0. The average Bonchev–Trinajstić information content (AvgIpc) is 3.07. The molecule has 0 saturated heterocycles. The van der Waals surface area contributed by atoms with Gasteiger partial charge in [0.15, 0.2) is 5.96 Å². The van der Waals surface area contributed by atoms with Crippen LogP contribution < -0.4 is 10.6 Å². The number of hydrogen-bond acceptors (Lipinski definition) is 3. The molecule has 26 heavy (non-hydrogen) atoms. The van der Waals surface area contributed by atoms with E-state index in [0.717, 1.165) is 61.7 Å². The summed E-state index contributed by atoms with van der Waals surface area (Å²) in [5.74, 6) is 1.86. The van der Waals surface area contributed by atoms with Crippen molar-refractivity contribution in [1.29, 1.82) is 0 Å². The fraction of sp³-hybridized carbons (Fsp3) is 0.571. The van der Waals surface area contributed by atoms with Crippen molar-refractivity contribution in [1.82, 2.24) is 15.5 Å². The second kappa shape index (κ2) is 10.9. The summed E-state index contributed by atoms with van der Waals surface area (Å²) in [6.07, 6.45) is 3.18. The van der Waals surface area contributed by atoms with Gasteiger partial charge in [-0.15, -0.1) is 0 Å². The first-order valence-electron chi connectivity index (χ1n) is 9.83. The Kier molecular flexibility index (Phi) is 8.48.